The highest BCUT2D eigenvalue weighted by Crippen LogP contribution is 2.28. The summed E-state index contributed by atoms with van der Waals surface area (Å²) >= 11 is 0. The van der Waals surface area contributed by atoms with Crippen molar-refractivity contribution >= 4 is 5.65 Å². The van der Waals surface area contributed by atoms with E-state index in [4.69, 9.17) is 9.97 Å². The van der Waals surface area contributed by atoms with Crippen LogP contribution in [0.25, 0.3) is 16.9 Å². The van der Waals surface area contributed by atoms with Crippen LogP contribution in [0.15, 0.2) is 85.1 Å². The first-order valence-corrected chi connectivity index (χ1v) is 11.1. The number of aromatic hydroxyl groups is 2. The number of imidazole rings is 1. The van der Waals surface area contributed by atoms with Crippen molar-refractivity contribution in [2.75, 3.05) is 0 Å². The van der Waals surface area contributed by atoms with Crippen LogP contribution in [-0.4, -0.2) is 24.6 Å². The Morgan fingerprint density at radius 2 is 1.45 bits per heavy atom. The van der Waals surface area contributed by atoms with E-state index in [-0.39, 0.29) is 11.6 Å². The third-order valence-corrected chi connectivity index (χ3v) is 5.87. The molecule has 0 unspecified atom stereocenters. The van der Waals surface area contributed by atoms with Crippen molar-refractivity contribution in [3.05, 3.63) is 113 Å². The quantitative estimate of drug-likeness (QED) is 0.370. The summed E-state index contributed by atoms with van der Waals surface area (Å²) in [6.45, 7) is 2.06. The third-order valence-electron chi connectivity index (χ3n) is 5.87. The second-order valence-electron chi connectivity index (χ2n) is 8.34. The zero-order valence-corrected chi connectivity index (χ0v) is 18.4. The highest BCUT2D eigenvalue weighted by molar-refractivity contribution is 5.63. The van der Waals surface area contributed by atoms with Gasteiger partial charge in [-0.25, -0.2) is 9.97 Å². The second-order valence-corrected chi connectivity index (χ2v) is 8.34. The number of fused-ring (bicyclic) bond motifs is 1. The number of hydrogen-bond donors (Lipinski definition) is 2. The maximum absolute atomic E-state index is 11.1. The molecule has 0 radical (unpaired) electrons. The molecule has 2 aromatic heterocycles. The molecule has 33 heavy (non-hydrogen) atoms. The molecule has 0 bridgehead atoms. The molecule has 0 aliphatic rings. The highest BCUT2D eigenvalue weighted by Gasteiger charge is 2.18. The zero-order chi connectivity index (χ0) is 22.8. The monoisotopic (exact) mass is 435 g/mol. The van der Waals surface area contributed by atoms with Crippen LogP contribution in [0.5, 0.6) is 11.6 Å². The molecule has 0 saturated heterocycles. The standard InChI is InChI=1S/C28H25N3O2/c1-19-7-9-21(10-8-19)17-25-28(33)31-18-26(22-12-14-23(32)15-13-22)29-24(27(31)30-25)16-11-20-5-3-2-4-6-20/h2-10,12-15,18,32-33H,11,16-17H2,1H3. The normalized spacial score (nSPS) is 11.2. The Kier molecular flexibility index (Phi) is 5.53. The van der Waals surface area contributed by atoms with E-state index in [0.29, 0.717) is 24.2 Å². The van der Waals surface area contributed by atoms with Crippen LogP contribution >= 0.6 is 0 Å². The molecule has 3 aromatic carbocycles. The number of aromatic nitrogens is 3. The Hall–Kier alpha value is -4.12. The number of rotatable bonds is 6. The molecule has 5 aromatic rings. The van der Waals surface area contributed by atoms with Gasteiger partial charge >= 0.3 is 0 Å². The maximum Gasteiger partial charge on any atom is 0.219 e. The maximum atomic E-state index is 11.1. The van der Waals surface area contributed by atoms with Crippen LogP contribution in [0.3, 0.4) is 0 Å². The minimum Gasteiger partial charge on any atom is -0.508 e. The molecule has 0 spiro atoms. The van der Waals surface area contributed by atoms with E-state index >= 15 is 0 Å². The van der Waals surface area contributed by atoms with E-state index in [2.05, 4.69) is 43.3 Å². The molecule has 164 valence electrons. The van der Waals surface area contributed by atoms with Gasteiger partial charge in [0.05, 0.1) is 11.4 Å². The molecular weight excluding hydrogens is 410 g/mol. The van der Waals surface area contributed by atoms with E-state index in [1.807, 2.05) is 36.5 Å². The lowest BCUT2D eigenvalue weighted by molar-refractivity contribution is 0.442. The van der Waals surface area contributed by atoms with Gasteiger partial charge in [0, 0.05) is 18.2 Å². The van der Waals surface area contributed by atoms with Crippen molar-refractivity contribution in [2.24, 2.45) is 0 Å². The number of hydrogen-bond acceptors (Lipinski definition) is 4. The molecule has 2 heterocycles. The van der Waals surface area contributed by atoms with Gasteiger partial charge in [-0.15, -0.1) is 0 Å². The summed E-state index contributed by atoms with van der Waals surface area (Å²) in [5.41, 5.74) is 7.24. The van der Waals surface area contributed by atoms with Gasteiger partial charge in [-0.05, 0) is 55.2 Å². The minimum atomic E-state index is 0.133. The van der Waals surface area contributed by atoms with Gasteiger partial charge < -0.3 is 10.2 Å². The van der Waals surface area contributed by atoms with E-state index in [9.17, 15) is 10.2 Å². The van der Waals surface area contributed by atoms with E-state index < -0.39 is 0 Å². The van der Waals surface area contributed by atoms with Gasteiger partial charge in [0.2, 0.25) is 5.88 Å². The van der Waals surface area contributed by atoms with Crippen LogP contribution < -0.4 is 0 Å². The number of aryl methyl sites for hydroxylation is 3. The number of phenols is 1. The molecular formula is C28H25N3O2. The fraction of sp³-hybridized carbons (Fsp3) is 0.143. The van der Waals surface area contributed by atoms with Crippen LogP contribution in [0.4, 0.5) is 0 Å². The molecule has 0 saturated carbocycles. The van der Waals surface area contributed by atoms with Crippen molar-refractivity contribution in [3.8, 4) is 22.9 Å². The topological polar surface area (TPSA) is 70.7 Å². The van der Waals surface area contributed by atoms with Gasteiger partial charge in [0.1, 0.15) is 11.4 Å². The van der Waals surface area contributed by atoms with E-state index in [0.717, 1.165) is 28.9 Å². The Morgan fingerprint density at radius 3 is 2.18 bits per heavy atom. The Labute approximate surface area is 192 Å². The molecule has 0 aliphatic carbocycles. The van der Waals surface area contributed by atoms with Crippen molar-refractivity contribution in [2.45, 2.75) is 26.2 Å². The smallest absolute Gasteiger partial charge is 0.219 e. The predicted octanol–water partition coefficient (Wildman–Crippen LogP) is 5.49. The Bertz CT molecular complexity index is 1390. The lowest BCUT2D eigenvalue weighted by Gasteiger charge is -2.08. The number of phenolic OH excluding ortho intramolecular Hbond substituents is 1. The van der Waals surface area contributed by atoms with Crippen LogP contribution in [0, 0.1) is 6.92 Å². The van der Waals surface area contributed by atoms with E-state index in [1.54, 1.807) is 16.5 Å². The third kappa shape index (κ3) is 4.44. The number of benzene rings is 3. The minimum absolute atomic E-state index is 0.133. The Balaban J connectivity index is 1.58. The summed E-state index contributed by atoms with van der Waals surface area (Å²) in [5, 5.41) is 20.7. The van der Waals surface area contributed by atoms with Gasteiger partial charge in [0.25, 0.3) is 0 Å². The summed E-state index contributed by atoms with van der Waals surface area (Å²) in [6.07, 6.45) is 3.87. The van der Waals surface area contributed by atoms with E-state index in [1.165, 1.54) is 11.1 Å². The highest BCUT2D eigenvalue weighted by atomic mass is 16.3. The van der Waals surface area contributed by atoms with Gasteiger partial charge in [0.15, 0.2) is 5.65 Å². The molecule has 0 aliphatic heterocycles. The average Bonchev–Trinajstić information content (AvgIpc) is 3.15. The van der Waals surface area contributed by atoms with Gasteiger partial charge in [-0.1, -0.05) is 60.2 Å². The zero-order valence-electron chi connectivity index (χ0n) is 18.4. The summed E-state index contributed by atoms with van der Waals surface area (Å²) in [5.74, 6) is 0.337. The summed E-state index contributed by atoms with van der Waals surface area (Å²) < 4.78 is 1.74. The van der Waals surface area contributed by atoms with Gasteiger partial charge in [-0.3, -0.25) is 4.40 Å². The second kappa shape index (κ2) is 8.79. The van der Waals surface area contributed by atoms with Crippen molar-refractivity contribution in [1.29, 1.82) is 0 Å². The van der Waals surface area contributed by atoms with Gasteiger partial charge in [-0.2, -0.15) is 0 Å². The molecule has 0 atom stereocenters. The SMILES string of the molecule is Cc1ccc(Cc2nc3c(CCc4ccccc4)nc(-c4ccc(O)cc4)cn3c2O)cc1. The molecule has 5 rings (SSSR count). The summed E-state index contributed by atoms with van der Waals surface area (Å²) in [6, 6.07) is 25.5. The van der Waals surface area contributed by atoms with Crippen LogP contribution in [-0.2, 0) is 19.3 Å². The van der Waals surface area contributed by atoms with Crippen molar-refractivity contribution < 1.29 is 10.2 Å². The lowest BCUT2D eigenvalue weighted by atomic mass is 10.1. The van der Waals surface area contributed by atoms with Crippen molar-refractivity contribution in [3.63, 3.8) is 0 Å². The molecule has 5 heteroatoms. The average molecular weight is 436 g/mol. The fourth-order valence-electron chi connectivity index (χ4n) is 4.01. The predicted molar refractivity (Wildman–Crippen MR) is 130 cm³/mol. The first kappa shape index (κ1) is 20.8. The fourth-order valence-corrected chi connectivity index (χ4v) is 4.01. The first-order valence-electron chi connectivity index (χ1n) is 11.1. The molecule has 5 nitrogen and oxygen atoms in total. The summed E-state index contributed by atoms with van der Waals surface area (Å²) in [7, 11) is 0. The Morgan fingerprint density at radius 1 is 0.727 bits per heavy atom. The number of nitrogens with zero attached hydrogens (tertiary/aromatic N) is 3. The first-order chi connectivity index (χ1) is 16.1. The van der Waals surface area contributed by atoms with Crippen LogP contribution in [0.2, 0.25) is 0 Å². The molecule has 0 amide bonds. The van der Waals surface area contributed by atoms with Crippen LogP contribution in [0.1, 0.15) is 28.1 Å². The largest absolute Gasteiger partial charge is 0.508 e. The molecule has 2 N–H and O–H groups in total. The lowest BCUT2D eigenvalue weighted by Crippen LogP contribution is -2.01. The summed E-state index contributed by atoms with van der Waals surface area (Å²) in [4.78, 5) is 9.71. The molecule has 0 fully saturated rings. The van der Waals surface area contributed by atoms with Crippen molar-refractivity contribution in [1.82, 2.24) is 14.4 Å².